The van der Waals surface area contributed by atoms with Crippen LogP contribution in [0.4, 0.5) is 0 Å². The van der Waals surface area contributed by atoms with Crippen molar-refractivity contribution in [2.75, 3.05) is 7.11 Å². The average Bonchev–Trinajstić information content (AvgIpc) is 2.54. The summed E-state index contributed by atoms with van der Waals surface area (Å²) in [7, 11) is 1.54. The van der Waals surface area contributed by atoms with Crippen molar-refractivity contribution >= 4 is 23.4 Å². The summed E-state index contributed by atoms with van der Waals surface area (Å²) in [6, 6.07) is 9.49. The number of nitrogens with zero attached hydrogens (tertiary/aromatic N) is 1. The number of aromatic nitrogens is 1. The molecule has 0 radical (unpaired) electrons. The molecular formula is C16H14ClNO4. The molecule has 1 heterocycles. The highest BCUT2D eigenvalue weighted by atomic mass is 35.5. The summed E-state index contributed by atoms with van der Waals surface area (Å²) < 4.78 is 10.1. The van der Waals surface area contributed by atoms with E-state index in [1.54, 1.807) is 37.4 Å². The Hall–Kier alpha value is -2.40. The second kappa shape index (κ2) is 7.04. The summed E-state index contributed by atoms with van der Waals surface area (Å²) in [6.07, 6.45) is 0.469. The molecule has 0 aliphatic carbocycles. The van der Waals surface area contributed by atoms with E-state index < -0.39 is 12.1 Å². The number of benzene rings is 1. The van der Waals surface area contributed by atoms with Crippen molar-refractivity contribution in [2.45, 2.75) is 13.0 Å². The number of esters is 1. The quantitative estimate of drug-likeness (QED) is 0.625. The third-order valence-corrected chi connectivity index (χ3v) is 3.19. The molecule has 1 aromatic carbocycles. The van der Waals surface area contributed by atoms with E-state index in [1.807, 2.05) is 0 Å². The van der Waals surface area contributed by atoms with Gasteiger partial charge >= 0.3 is 5.97 Å². The zero-order chi connectivity index (χ0) is 16.1. The molecule has 22 heavy (non-hydrogen) atoms. The molecule has 0 N–H and O–H groups in total. The Labute approximate surface area is 132 Å². The molecule has 0 saturated carbocycles. The maximum atomic E-state index is 12.2. The molecule has 0 bridgehead atoms. The molecule has 0 amide bonds. The van der Waals surface area contributed by atoms with Crippen LogP contribution < -0.4 is 4.74 Å². The number of halogens is 1. The van der Waals surface area contributed by atoms with E-state index in [-0.39, 0.29) is 11.5 Å². The van der Waals surface area contributed by atoms with Crippen LogP contribution in [0, 0.1) is 0 Å². The molecule has 5 nitrogen and oxygen atoms in total. The Kier molecular flexibility index (Phi) is 5.12. The minimum atomic E-state index is -0.929. The number of pyridine rings is 1. The highest BCUT2D eigenvalue weighted by molar-refractivity contribution is 6.30. The molecule has 6 heteroatoms. The highest BCUT2D eigenvalue weighted by Gasteiger charge is 2.21. The number of ether oxygens (including phenoxy) is 2. The van der Waals surface area contributed by atoms with Gasteiger partial charge in [-0.25, -0.2) is 9.78 Å². The minimum Gasteiger partial charge on any atom is -0.497 e. The van der Waals surface area contributed by atoms with Crippen LogP contribution in [0.5, 0.6) is 5.75 Å². The number of Topliss-reactive ketones (excluding diaryl/α,β-unsaturated/α-hetero) is 1. The molecule has 2 aromatic rings. The molecular weight excluding hydrogens is 306 g/mol. The lowest BCUT2D eigenvalue weighted by molar-refractivity contribution is 0.0313. The van der Waals surface area contributed by atoms with E-state index in [4.69, 9.17) is 21.1 Å². The topological polar surface area (TPSA) is 65.5 Å². The SMILES string of the molecule is COc1ccc(C(=O)[C@@H](C)OC(=O)c2cc(Cl)ccn2)cc1. The first-order valence-electron chi connectivity index (χ1n) is 6.52. The van der Waals surface area contributed by atoms with Crippen LogP contribution in [-0.2, 0) is 4.74 Å². The lowest BCUT2D eigenvalue weighted by Gasteiger charge is -2.12. The Morgan fingerprint density at radius 3 is 2.45 bits per heavy atom. The summed E-state index contributed by atoms with van der Waals surface area (Å²) >= 11 is 5.79. The summed E-state index contributed by atoms with van der Waals surface area (Å²) in [4.78, 5) is 28.0. The van der Waals surface area contributed by atoms with E-state index in [2.05, 4.69) is 4.98 Å². The van der Waals surface area contributed by atoms with Crippen LogP contribution in [0.2, 0.25) is 5.02 Å². The predicted octanol–water partition coefficient (Wildman–Crippen LogP) is 3.17. The lowest BCUT2D eigenvalue weighted by atomic mass is 10.1. The molecule has 114 valence electrons. The van der Waals surface area contributed by atoms with E-state index in [0.29, 0.717) is 16.3 Å². The summed E-state index contributed by atoms with van der Waals surface area (Å²) in [6.45, 7) is 1.51. The van der Waals surface area contributed by atoms with Crippen molar-refractivity contribution in [3.8, 4) is 5.75 Å². The van der Waals surface area contributed by atoms with Gasteiger partial charge in [-0.1, -0.05) is 11.6 Å². The molecule has 0 spiro atoms. The van der Waals surface area contributed by atoms with E-state index in [1.165, 1.54) is 19.2 Å². The summed E-state index contributed by atoms with van der Waals surface area (Å²) in [5.41, 5.74) is 0.488. The Morgan fingerprint density at radius 1 is 1.18 bits per heavy atom. The van der Waals surface area contributed by atoms with Crippen LogP contribution in [0.1, 0.15) is 27.8 Å². The van der Waals surface area contributed by atoms with E-state index in [0.717, 1.165) is 0 Å². The first kappa shape index (κ1) is 16.0. The fourth-order valence-corrected chi connectivity index (χ4v) is 1.94. The van der Waals surface area contributed by atoms with Gasteiger partial charge in [-0.2, -0.15) is 0 Å². The van der Waals surface area contributed by atoms with Gasteiger partial charge in [-0.15, -0.1) is 0 Å². The van der Waals surface area contributed by atoms with E-state index >= 15 is 0 Å². The largest absolute Gasteiger partial charge is 0.497 e. The number of carbonyl (C=O) groups is 2. The summed E-state index contributed by atoms with van der Waals surface area (Å²) in [5, 5.41) is 0.371. The van der Waals surface area contributed by atoms with Crippen molar-refractivity contribution in [1.29, 1.82) is 0 Å². The molecule has 2 rings (SSSR count). The Bertz CT molecular complexity index is 685. The number of hydrogen-bond acceptors (Lipinski definition) is 5. The monoisotopic (exact) mass is 319 g/mol. The number of methoxy groups -OCH3 is 1. The zero-order valence-corrected chi connectivity index (χ0v) is 12.8. The third-order valence-electron chi connectivity index (χ3n) is 2.96. The molecule has 0 aliphatic rings. The van der Waals surface area contributed by atoms with Crippen molar-refractivity contribution in [2.24, 2.45) is 0 Å². The third kappa shape index (κ3) is 3.83. The van der Waals surface area contributed by atoms with Gasteiger partial charge in [0.25, 0.3) is 0 Å². The molecule has 1 aromatic heterocycles. The fourth-order valence-electron chi connectivity index (χ4n) is 1.78. The minimum absolute atomic E-state index is 0.0573. The number of carbonyl (C=O) groups excluding carboxylic acids is 2. The van der Waals surface area contributed by atoms with Gasteiger partial charge in [0, 0.05) is 16.8 Å². The first-order chi connectivity index (χ1) is 10.5. The van der Waals surface area contributed by atoms with Gasteiger partial charge < -0.3 is 9.47 Å². The normalized spacial score (nSPS) is 11.6. The predicted molar refractivity (Wildman–Crippen MR) is 81.4 cm³/mol. The van der Waals surface area contributed by atoms with Crippen LogP contribution in [0.3, 0.4) is 0 Å². The average molecular weight is 320 g/mol. The van der Waals surface area contributed by atoms with Crippen molar-refractivity contribution in [1.82, 2.24) is 4.98 Å². The Balaban J connectivity index is 2.05. The standard InChI is InChI=1S/C16H14ClNO4/c1-10(15(19)11-3-5-13(21-2)6-4-11)22-16(20)14-9-12(17)7-8-18-14/h3-10H,1-2H3/t10-/m1/s1. The van der Waals surface area contributed by atoms with Crippen molar-refractivity contribution < 1.29 is 19.1 Å². The molecule has 0 unspecified atom stereocenters. The maximum Gasteiger partial charge on any atom is 0.357 e. The van der Waals surface area contributed by atoms with Gasteiger partial charge in [0.15, 0.2) is 6.10 Å². The van der Waals surface area contributed by atoms with E-state index in [9.17, 15) is 9.59 Å². The fraction of sp³-hybridized carbons (Fsp3) is 0.188. The number of rotatable bonds is 5. The second-order valence-electron chi connectivity index (χ2n) is 4.50. The van der Waals surface area contributed by atoms with Gasteiger partial charge in [0.1, 0.15) is 11.4 Å². The van der Waals surface area contributed by atoms with Crippen molar-refractivity contribution in [3.05, 3.63) is 58.9 Å². The van der Waals surface area contributed by atoms with Gasteiger partial charge in [0.2, 0.25) is 5.78 Å². The molecule has 1 atom stereocenters. The molecule has 0 aliphatic heterocycles. The van der Waals surface area contributed by atoms with Crippen molar-refractivity contribution in [3.63, 3.8) is 0 Å². The summed E-state index contributed by atoms with van der Waals surface area (Å²) in [5.74, 6) is -0.362. The second-order valence-corrected chi connectivity index (χ2v) is 4.94. The number of hydrogen-bond donors (Lipinski definition) is 0. The van der Waals surface area contributed by atoms with Gasteiger partial charge in [-0.05, 0) is 43.3 Å². The highest BCUT2D eigenvalue weighted by Crippen LogP contribution is 2.15. The van der Waals surface area contributed by atoms with Crippen LogP contribution in [0.15, 0.2) is 42.6 Å². The smallest absolute Gasteiger partial charge is 0.357 e. The number of ketones is 1. The van der Waals surface area contributed by atoms with Gasteiger partial charge in [0.05, 0.1) is 7.11 Å². The zero-order valence-electron chi connectivity index (χ0n) is 12.1. The maximum absolute atomic E-state index is 12.2. The molecule has 0 fully saturated rings. The van der Waals surface area contributed by atoms with Crippen LogP contribution >= 0.6 is 11.6 Å². The Morgan fingerprint density at radius 2 is 1.86 bits per heavy atom. The van der Waals surface area contributed by atoms with Crippen LogP contribution in [-0.4, -0.2) is 30.0 Å². The molecule has 0 saturated heterocycles. The first-order valence-corrected chi connectivity index (χ1v) is 6.90. The lowest BCUT2D eigenvalue weighted by Crippen LogP contribution is -2.24. The van der Waals surface area contributed by atoms with Gasteiger partial charge in [-0.3, -0.25) is 4.79 Å². The van der Waals surface area contributed by atoms with Crippen LogP contribution in [0.25, 0.3) is 0 Å².